The Morgan fingerprint density at radius 2 is 2.36 bits per heavy atom. The minimum Gasteiger partial charge on any atom is -0.454 e. The van der Waals surface area contributed by atoms with E-state index in [1.54, 1.807) is 11.8 Å². The second-order valence-corrected chi connectivity index (χ2v) is 3.39. The maximum absolute atomic E-state index is 10.9. The minimum atomic E-state index is -0.449. The monoisotopic (exact) mass is 174 g/mol. The van der Waals surface area contributed by atoms with E-state index in [9.17, 15) is 9.59 Å². The minimum absolute atomic E-state index is 0.0287. The van der Waals surface area contributed by atoms with Gasteiger partial charge < -0.3 is 4.74 Å². The molecule has 3 nitrogen and oxygen atoms in total. The summed E-state index contributed by atoms with van der Waals surface area (Å²) in [5.74, 6) is 0.425. The Labute approximate surface area is 69.5 Å². The molecule has 0 bridgehead atoms. The van der Waals surface area contributed by atoms with Gasteiger partial charge in [-0.1, -0.05) is 0 Å². The van der Waals surface area contributed by atoms with Gasteiger partial charge in [0.25, 0.3) is 0 Å². The van der Waals surface area contributed by atoms with Gasteiger partial charge in [-0.05, 0) is 12.0 Å². The summed E-state index contributed by atoms with van der Waals surface area (Å²) in [6.07, 6.45) is 2.14. The summed E-state index contributed by atoms with van der Waals surface area (Å²) >= 11 is 1.65. The molecule has 0 radical (unpaired) electrons. The third kappa shape index (κ3) is 2.22. The average Bonchev–Trinajstić information content (AvgIpc) is 2.26. The maximum atomic E-state index is 10.9. The third-order valence-electron chi connectivity index (χ3n) is 1.54. The topological polar surface area (TPSA) is 43.4 Å². The van der Waals surface area contributed by atoms with Crippen molar-refractivity contribution in [3.8, 4) is 0 Å². The first-order chi connectivity index (χ1) is 5.24. The molecule has 0 aliphatic carbocycles. The lowest BCUT2D eigenvalue weighted by molar-refractivity contribution is -0.142. The molecule has 0 saturated carbocycles. The second-order valence-electron chi connectivity index (χ2n) is 2.40. The van der Waals surface area contributed by atoms with E-state index in [4.69, 9.17) is 4.74 Å². The fraction of sp³-hybridized carbons (Fsp3) is 0.714. The van der Waals surface area contributed by atoms with Crippen molar-refractivity contribution in [2.75, 3.05) is 12.0 Å². The van der Waals surface area contributed by atoms with Crippen LogP contribution < -0.4 is 0 Å². The molecule has 1 aliphatic heterocycles. The summed E-state index contributed by atoms with van der Waals surface area (Å²) in [7, 11) is 0. The Balaban J connectivity index is 2.34. The molecule has 1 saturated heterocycles. The largest absolute Gasteiger partial charge is 0.454 e. The highest BCUT2D eigenvalue weighted by Crippen LogP contribution is 2.14. The van der Waals surface area contributed by atoms with E-state index < -0.39 is 6.10 Å². The highest BCUT2D eigenvalue weighted by molar-refractivity contribution is 7.98. The Morgan fingerprint density at radius 3 is 2.82 bits per heavy atom. The second kappa shape index (κ2) is 3.76. The van der Waals surface area contributed by atoms with Crippen molar-refractivity contribution in [1.82, 2.24) is 0 Å². The molecule has 1 unspecified atom stereocenters. The number of thioether (sulfide) groups is 1. The van der Waals surface area contributed by atoms with E-state index in [-0.39, 0.29) is 18.2 Å². The van der Waals surface area contributed by atoms with Crippen molar-refractivity contribution in [3.63, 3.8) is 0 Å². The molecule has 1 fully saturated rings. The summed E-state index contributed by atoms with van der Waals surface area (Å²) < 4.78 is 4.77. The van der Waals surface area contributed by atoms with E-state index in [2.05, 4.69) is 0 Å². The van der Waals surface area contributed by atoms with Crippen molar-refractivity contribution >= 4 is 23.5 Å². The molecule has 4 heteroatoms. The first-order valence-electron chi connectivity index (χ1n) is 3.45. The number of carbonyl (C=O) groups is 2. The van der Waals surface area contributed by atoms with Gasteiger partial charge in [-0.15, -0.1) is 0 Å². The number of Topliss-reactive ketones (excluding diaryl/α,β-unsaturated/α-hetero) is 1. The maximum Gasteiger partial charge on any atom is 0.314 e. The number of carbonyl (C=O) groups excluding carboxylic acids is 2. The van der Waals surface area contributed by atoms with Gasteiger partial charge in [0.1, 0.15) is 6.42 Å². The van der Waals surface area contributed by atoms with E-state index in [0.717, 1.165) is 5.75 Å². The Kier molecular flexibility index (Phi) is 2.93. The highest BCUT2D eigenvalue weighted by atomic mass is 32.2. The number of cyclic esters (lactones) is 1. The molecule has 1 aliphatic rings. The number of rotatable bonds is 3. The van der Waals surface area contributed by atoms with Crippen LogP contribution >= 0.6 is 11.8 Å². The first-order valence-corrected chi connectivity index (χ1v) is 4.84. The van der Waals surface area contributed by atoms with Crippen LogP contribution in [0.15, 0.2) is 0 Å². The zero-order valence-electron chi connectivity index (χ0n) is 6.33. The van der Waals surface area contributed by atoms with Crippen LogP contribution in [-0.2, 0) is 14.3 Å². The predicted molar refractivity (Wildman–Crippen MR) is 42.5 cm³/mol. The molecule has 11 heavy (non-hydrogen) atoms. The van der Waals surface area contributed by atoms with Gasteiger partial charge in [-0.3, -0.25) is 9.59 Å². The molecule has 0 N–H and O–H groups in total. The zero-order chi connectivity index (χ0) is 8.27. The number of hydrogen-bond acceptors (Lipinski definition) is 4. The number of ketones is 1. The van der Waals surface area contributed by atoms with Crippen LogP contribution in [0.5, 0.6) is 0 Å². The van der Waals surface area contributed by atoms with Crippen molar-refractivity contribution < 1.29 is 14.3 Å². The van der Waals surface area contributed by atoms with Crippen molar-refractivity contribution in [1.29, 1.82) is 0 Å². The quantitative estimate of drug-likeness (QED) is 0.465. The standard InChI is InChI=1S/C7H10O3S/c1-11-3-2-6-5(8)4-7(9)10-6/h6H,2-4H2,1H3. The SMILES string of the molecule is CSCCC1OC(=O)CC1=O. The number of hydrogen-bond donors (Lipinski definition) is 0. The molecule has 62 valence electrons. The predicted octanol–water partition coefficient (Wildman–Crippen LogP) is 0.624. The van der Waals surface area contributed by atoms with Crippen LogP contribution in [0.3, 0.4) is 0 Å². The van der Waals surface area contributed by atoms with Crippen LogP contribution in [0.4, 0.5) is 0 Å². The van der Waals surface area contributed by atoms with Gasteiger partial charge >= 0.3 is 5.97 Å². The highest BCUT2D eigenvalue weighted by Gasteiger charge is 2.31. The summed E-state index contributed by atoms with van der Waals surface area (Å²) in [5, 5.41) is 0. The zero-order valence-corrected chi connectivity index (χ0v) is 7.15. The first kappa shape index (κ1) is 8.59. The Morgan fingerprint density at radius 1 is 1.64 bits per heavy atom. The van der Waals surface area contributed by atoms with Gasteiger partial charge in [-0.25, -0.2) is 0 Å². The normalized spacial score (nSPS) is 23.9. The van der Waals surface area contributed by atoms with Crippen LogP contribution in [-0.4, -0.2) is 29.9 Å². The van der Waals surface area contributed by atoms with Crippen molar-refractivity contribution in [2.24, 2.45) is 0 Å². The Bertz CT molecular complexity index is 179. The van der Waals surface area contributed by atoms with E-state index in [1.165, 1.54) is 0 Å². The van der Waals surface area contributed by atoms with Gasteiger partial charge in [-0.2, -0.15) is 11.8 Å². The van der Waals surface area contributed by atoms with Gasteiger partial charge in [0, 0.05) is 6.42 Å². The fourth-order valence-corrected chi connectivity index (χ4v) is 1.42. The molecule has 0 spiro atoms. The molecule has 1 atom stereocenters. The molecule has 0 aromatic heterocycles. The van der Waals surface area contributed by atoms with Gasteiger partial charge in [0.2, 0.25) is 0 Å². The molecule has 0 aromatic rings. The van der Waals surface area contributed by atoms with Crippen LogP contribution in [0.1, 0.15) is 12.8 Å². The number of esters is 1. The summed E-state index contributed by atoms with van der Waals surface area (Å²) in [5.41, 5.74) is 0. The van der Waals surface area contributed by atoms with E-state index >= 15 is 0 Å². The van der Waals surface area contributed by atoms with Crippen LogP contribution in [0, 0.1) is 0 Å². The summed E-state index contributed by atoms with van der Waals surface area (Å²) in [4.78, 5) is 21.5. The lowest BCUT2D eigenvalue weighted by Crippen LogP contribution is -2.15. The smallest absolute Gasteiger partial charge is 0.314 e. The third-order valence-corrected chi connectivity index (χ3v) is 2.18. The van der Waals surface area contributed by atoms with E-state index in [1.807, 2.05) is 6.26 Å². The lowest BCUT2D eigenvalue weighted by atomic mass is 10.2. The van der Waals surface area contributed by atoms with Crippen molar-refractivity contribution in [2.45, 2.75) is 18.9 Å². The Hall–Kier alpha value is -0.510. The summed E-state index contributed by atoms with van der Waals surface area (Å²) in [6, 6.07) is 0. The number of ether oxygens (including phenoxy) is 1. The molecular weight excluding hydrogens is 164 g/mol. The van der Waals surface area contributed by atoms with Crippen LogP contribution in [0.2, 0.25) is 0 Å². The van der Waals surface area contributed by atoms with E-state index in [0.29, 0.717) is 6.42 Å². The van der Waals surface area contributed by atoms with Crippen molar-refractivity contribution in [3.05, 3.63) is 0 Å². The lowest BCUT2D eigenvalue weighted by Gasteiger charge is -2.04. The van der Waals surface area contributed by atoms with Gasteiger partial charge in [0.15, 0.2) is 11.9 Å². The summed E-state index contributed by atoms with van der Waals surface area (Å²) in [6.45, 7) is 0. The molecule has 0 amide bonds. The fourth-order valence-electron chi connectivity index (χ4n) is 0.967. The molecule has 0 aromatic carbocycles. The average molecular weight is 174 g/mol. The van der Waals surface area contributed by atoms with Crippen LogP contribution in [0.25, 0.3) is 0 Å². The molecular formula is C7H10O3S. The molecule has 1 heterocycles. The van der Waals surface area contributed by atoms with Gasteiger partial charge in [0.05, 0.1) is 0 Å². The molecule has 1 rings (SSSR count).